The number of hydrogen-bond acceptors (Lipinski definition) is 4. The van der Waals surface area contributed by atoms with Gasteiger partial charge in [0.25, 0.3) is 5.56 Å². The summed E-state index contributed by atoms with van der Waals surface area (Å²) in [5.41, 5.74) is 7.29. The molecule has 0 fully saturated rings. The Kier molecular flexibility index (Phi) is 5.51. The summed E-state index contributed by atoms with van der Waals surface area (Å²) in [7, 11) is 0. The van der Waals surface area contributed by atoms with Gasteiger partial charge >= 0.3 is 0 Å². The Hall–Kier alpha value is -2.14. The maximum atomic E-state index is 11.6. The first-order valence-corrected chi connectivity index (χ1v) is 7.22. The predicted octanol–water partition coefficient (Wildman–Crippen LogP) is 1.80. The van der Waals surface area contributed by atoms with Gasteiger partial charge in [0.1, 0.15) is 18.2 Å². The molecule has 112 valence electrons. The molecule has 0 aliphatic heterocycles. The average molecular weight is 287 g/mol. The van der Waals surface area contributed by atoms with Crippen LogP contribution in [0.5, 0.6) is 5.75 Å². The van der Waals surface area contributed by atoms with Gasteiger partial charge in [-0.1, -0.05) is 19.1 Å². The number of aryl methyl sites for hydroxylation is 2. The van der Waals surface area contributed by atoms with Gasteiger partial charge in [-0.3, -0.25) is 4.79 Å². The molecule has 2 aromatic rings. The molecule has 0 saturated heterocycles. The Morgan fingerprint density at radius 3 is 2.95 bits per heavy atom. The Labute approximate surface area is 124 Å². The van der Waals surface area contributed by atoms with Crippen molar-refractivity contribution in [1.29, 1.82) is 0 Å². The largest absolute Gasteiger partial charge is 0.486 e. The van der Waals surface area contributed by atoms with E-state index in [1.165, 1.54) is 11.6 Å². The van der Waals surface area contributed by atoms with E-state index < -0.39 is 0 Å². The zero-order valence-corrected chi connectivity index (χ0v) is 12.3. The normalized spacial score (nSPS) is 10.6. The van der Waals surface area contributed by atoms with Crippen LogP contribution in [0.2, 0.25) is 0 Å². The summed E-state index contributed by atoms with van der Waals surface area (Å²) in [6.45, 7) is 2.93. The fourth-order valence-corrected chi connectivity index (χ4v) is 2.05. The molecule has 3 N–H and O–H groups in total. The third-order valence-electron chi connectivity index (χ3n) is 3.16. The van der Waals surface area contributed by atoms with Crippen molar-refractivity contribution >= 4 is 0 Å². The summed E-state index contributed by atoms with van der Waals surface area (Å²) >= 11 is 0. The highest BCUT2D eigenvalue weighted by Crippen LogP contribution is 2.14. The van der Waals surface area contributed by atoms with E-state index in [1.54, 1.807) is 0 Å². The van der Waals surface area contributed by atoms with E-state index >= 15 is 0 Å². The lowest BCUT2D eigenvalue weighted by Gasteiger charge is -2.08. The summed E-state index contributed by atoms with van der Waals surface area (Å²) < 4.78 is 5.69. The van der Waals surface area contributed by atoms with E-state index in [9.17, 15) is 4.79 Å². The number of hydrogen-bond donors (Lipinski definition) is 2. The maximum Gasteiger partial charge on any atom is 0.251 e. The van der Waals surface area contributed by atoms with Gasteiger partial charge in [0.15, 0.2) is 0 Å². The fourth-order valence-electron chi connectivity index (χ4n) is 2.05. The number of aromatic nitrogens is 2. The van der Waals surface area contributed by atoms with Crippen LogP contribution < -0.4 is 16.0 Å². The number of rotatable bonds is 7. The van der Waals surface area contributed by atoms with Crippen LogP contribution in [0, 0.1) is 0 Å². The quantitative estimate of drug-likeness (QED) is 0.813. The molecule has 0 atom stereocenters. The van der Waals surface area contributed by atoms with Gasteiger partial charge in [-0.15, -0.1) is 0 Å². The molecule has 0 aliphatic rings. The molecule has 1 heterocycles. The lowest BCUT2D eigenvalue weighted by atomic mass is 10.2. The highest BCUT2D eigenvalue weighted by atomic mass is 16.5. The van der Waals surface area contributed by atoms with Crippen molar-refractivity contribution in [3.8, 4) is 5.75 Å². The van der Waals surface area contributed by atoms with Crippen molar-refractivity contribution < 1.29 is 4.74 Å². The van der Waals surface area contributed by atoms with Crippen LogP contribution in [0.25, 0.3) is 0 Å². The monoisotopic (exact) mass is 287 g/mol. The van der Waals surface area contributed by atoms with E-state index in [-0.39, 0.29) is 12.2 Å². The molecule has 0 unspecified atom stereocenters. The summed E-state index contributed by atoms with van der Waals surface area (Å²) in [4.78, 5) is 18.7. The number of aromatic amines is 1. The van der Waals surface area contributed by atoms with Crippen LogP contribution in [0.1, 0.15) is 30.4 Å². The molecule has 5 heteroatoms. The van der Waals surface area contributed by atoms with Gasteiger partial charge in [0.05, 0.1) is 0 Å². The highest BCUT2D eigenvalue weighted by molar-refractivity contribution is 5.28. The molecule has 0 amide bonds. The number of benzene rings is 1. The number of H-pyrrole nitrogens is 1. The van der Waals surface area contributed by atoms with E-state index in [0.29, 0.717) is 18.8 Å². The van der Waals surface area contributed by atoms with Crippen LogP contribution in [0.15, 0.2) is 35.1 Å². The molecule has 5 nitrogen and oxygen atoms in total. The minimum atomic E-state index is -0.155. The predicted molar refractivity (Wildman–Crippen MR) is 82.4 cm³/mol. The molecule has 2 rings (SSSR count). The zero-order chi connectivity index (χ0) is 15.1. The fraction of sp³-hybridized carbons (Fsp3) is 0.375. The third kappa shape index (κ3) is 4.72. The van der Waals surface area contributed by atoms with Crippen LogP contribution in [-0.4, -0.2) is 16.5 Å². The molecule has 0 aliphatic carbocycles. The third-order valence-corrected chi connectivity index (χ3v) is 3.16. The smallest absolute Gasteiger partial charge is 0.251 e. The van der Waals surface area contributed by atoms with Gasteiger partial charge < -0.3 is 15.5 Å². The topological polar surface area (TPSA) is 81.0 Å². The minimum absolute atomic E-state index is 0.155. The lowest BCUT2D eigenvalue weighted by Crippen LogP contribution is -2.15. The molecule has 0 spiro atoms. The Bertz CT molecular complexity index is 637. The van der Waals surface area contributed by atoms with E-state index in [1.807, 2.05) is 18.2 Å². The summed E-state index contributed by atoms with van der Waals surface area (Å²) in [5, 5.41) is 0. The van der Waals surface area contributed by atoms with Crippen molar-refractivity contribution in [2.45, 2.75) is 32.8 Å². The van der Waals surface area contributed by atoms with Crippen LogP contribution in [0.4, 0.5) is 0 Å². The van der Waals surface area contributed by atoms with Crippen LogP contribution in [0.3, 0.4) is 0 Å². The summed E-state index contributed by atoms with van der Waals surface area (Å²) in [5.74, 6) is 1.32. The molecule has 0 bridgehead atoms. The van der Waals surface area contributed by atoms with Gasteiger partial charge in [-0.25, -0.2) is 4.98 Å². The SMILES string of the molecule is CCc1cccc(OCc2nc(CCCN)cc(=O)[nH]2)c1. The first kappa shape index (κ1) is 15.3. The van der Waals surface area contributed by atoms with Crippen LogP contribution in [-0.2, 0) is 19.4 Å². The Balaban J connectivity index is 2.05. The number of nitrogens with two attached hydrogens (primary N) is 1. The zero-order valence-electron chi connectivity index (χ0n) is 12.3. The van der Waals surface area contributed by atoms with E-state index in [0.717, 1.165) is 24.3 Å². The lowest BCUT2D eigenvalue weighted by molar-refractivity contribution is 0.294. The van der Waals surface area contributed by atoms with Crippen LogP contribution >= 0.6 is 0 Å². The first-order valence-electron chi connectivity index (χ1n) is 7.22. The van der Waals surface area contributed by atoms with Gasteiger partial charge in [-0.2, -0.15) is 0 Å². The van der Waals surface area contributed by atoms with Gasteiger partial charge in [-0.05, 0) is 43.5 Å². The molecular weight excluding hydrogens is 266 g/mol. The maximum absolute atomic E-state index is 11.6. The molecular formula is C16H21N3O2. The second-order valence-corrected chi connectivity index (χ2v) is 4.87. The number of nitrogens with zero attached hydrogens (tertiary/aromatic N) is 1. The minimum Gasteiger partial charge on any atom is -0.486 e. The van der Waals surface area contributed by atoms with Crippen molar-refractivity contribution in [2.24, 2.45) is 5.73 Å². The van der Waals surface area contributed by atoms with E-state index in [2.05, 4.69) is 23.0 Å². The first-order chi connectivity index (χ1) is 10.2. The second kappa shape index (κ2) is 7.59. The molecule has 1 aromatic heterocycles. The Morgan fingerprint density at radius 2 is 2.19 bits per heavy atom. The summed E-state index contributed by atoms with van der Waals surface area (Å²) in [6, 6.07) is 9.42. The number of ether oxygens (including phenoxy) is 1. The number of nitrogens with one attached hydrogen (secondary N) is 1. The van der Waals surface area contributed by atoms with Crippen molar-refractivity contribution in [3.05, 3.63) is 57.8 Å². The molecule has 0 saturated carbocycles. The van der Waals surface area contributed by atoms with Gasteiger partial charge in [0, 0.05) is 11.8 Å². The second-order valence-electron chi connectivity index (χ2n) is 4.87. The highest BCUT2D eigenvalue weighted by Gasteiger charge is 2.03. The molecule has 1 aromatic carbocycles. The molecule has 21 heavy (non-hydrogen) atoms. The Morgan fingerprint density at radius 1 is 1.33 bits per heavy atom. The van der Waals surface area contributed by atoms with Crippen molar-refractivity contribution in [2.75, 3.05) is 6.54 Å². The van der Waals surface area contributed by atoms with E-state index in [4.69, 9.17) is 10.5 Å². The van der Waals surface area contributed by atoms with Crippen molar-refractivity contribution in [3.63, 3.8) is 0 Å². The average Bonchev–Trinajstić information content (AvgIpc) is 2.50. The standard InChI is InChI=1S/C16H21N3O2/c1-2-12-5-3-7-14(9-12)21-11-15-18-13(6-4-8-17)10-16(20)19-15/h3,5,7,9-10H,2,4,6,8,11,17H2,1H3,(H,18,19,20). The summed E-state index contributed by atoms with van der Waals surface area (Å²) in [6.07, 6.45) is 2.48. The van der Waals surface area contributed by atoms with Crippen molar-refractivity contribution in [1.82, 2.24) is 9.97 Å². The van der Waals surface area contributed by atoms with Gasteiger partial charge in [0.2, 0.25) is 0 Å². The molecule has 0 radical (unpaired) electrons.